The van der Waals surface area contributed by atoms with Crippen LogP contribution in [0.2, 0.25) is 0 Å². The standard InChI is InChI=1S/C20H24N6O2/c1-15-8-6-9-17(26-20(27)24(2)22-23-26)16(15)14-28-19-11-7-10-18(21-19)25-12-4-3-5-13-25/h6-11H,3-5,12-14H2,1-2H3. The molecule has 0 spiro atoms. The van der Waals surface area contributed by atoms with Gasteiger partial charge in [0.1, 0.15) is 12.4 Å². The average Bonchev–Trinajstić information content (AvgIpc) is 3.06. The average molecular weight is 380 g/mol. The number of hydrogen-bond donors (Lipinski definition) is 0. The molecule has 0 atom stereocenters. The Kier molecular flexibility index (Phi) is 5.10. The van der Waals surface area contributed by atoms with Crippen molar-refractivity contribution in [3.8, 4) is 11.6 Å². The van der Waals surface area contributed by atoms with Crippen LogP contribution in [0.15, 0.2) is 41.2 Å². The third-order valence-corrected chi connectivity index (χ3v) is 5.09. The van der Waals surface area contributed by atoms with E-state index in [4.69, 9.17) is 4.74 Å². The van der Waals surface area contributed by atoms with E-state index in [1.807, 2.05) is 43.3 Å². The highest BCUT2D eigenvalue weighted by Crippen LogP contribution is 2.22. The zero-order valence-electron chi connectivity index (χ0n) is 16.2. The summed E-state index contributed by atoms with van der Waals surface area (Å²) < 4.78 is 8.50. The van der Waals surface area contributed by atoms with E-state index < -0.39 is 0 Å². The first-order chi connectivity index (χ1) is 13.6. The number of anilines is 1. The molecular formula is C20H24N6O2. The van der Waals surface area contributed by atoms with Crippen LogP contribution in [0.4, 0.5) is 5.82 Å². The number of pyridine rings is 1. The van der Waals surface area contributed by atoms with Gasteiger partial charge in [-0.25, -0.2) is 4.79 Å². The molecule has 0 saturated carbocycles. The van der Waals surface area contributed by atoms with Crippen LogP contribution >= 0.6 is 0 Å². The van der Waals surface area contributed by atoms with E-state index in [-0.39, 0.29) is 5.69 Å². The van der Waals surface area contributed by atoms with Crippen molar-refractivity contribution in [2.75, 3.05) is 18.0 Å². The molecule has 0 amide bonds. The van der Waals surface area contributed by atoms with Gasteiger partial charge < -0.3 is 9.64 Å². The second-order valence-corrected chi connectivity index (χ2v) is 7.04. The summed E-state index contributed by atoms with van der Waals surface area (Å²) in [6.07, 6.45) is 3.68. The third-order valence-electron chi connectivity index (χ3n) is 5.09. The van der Waals surface area contributed by atoms with Gasteiger partial charge in [0.15, 0.2) is 0 Å². The van der Waals surface area contributed by atoms with E-state index in [9.17, 15) is 4.79 Å². The van der Waals surface area contributed by atoms with Crippen LogP contribution in [0.25, 0.3) is 5.69 Å². The topological polar surface area (TPSA) is 78.1 Å². The molecule has 3 heterocycles. The van der Waals surface area contributed by atoms with Gasteiger partial charge >= 0.3 is 5.69 Å². The molecule has 1 aromatic carbocycles. The zero-order valence-corrected chi connectivity index (χ0v) is 16.2. The third kappa shape index (κ3) is 3.62. The second-order valence-electron chi connectivity index (χ2n) is 7.04. The lowest BCUT2D eigenvalue weighted by molar-refractivity contribution is 0.292. The Balaban J connectivity index is 1.57. The Labute approximate surface area is 163 Å². The van der Waals surface area contributed by atoms with E-state index in [0.717, 1.165) is 30.0 Å². The van der Waals surface area contributed by atoms with Gasteiger partial charge in [-0.2, -0.15) is 14.3 Å². The maximum atomic E-state index is 12.3. The lowest BCUT2D eigenvalue weighted by Crippen LogP contribution is -2.30. The van der Waals surface area contributed by atoms with Crippen molar-refractivity contribution < 1.29 is 4.74 Å². The van der Waals surface area contributed by atoms with Gasteiger partial charge in [0.2, 0.25) is 5.88 Å². The molecule has 0 radical (unpaired) electrons. The highest BCUT2D eigenvalue weighted by molar-refractivity contribution is 5.45. The smallest absolute Gasteiger partial charge is 0.368 e. The molecule has 8 heteroatoms. The predicted octanol–water partition coefficient (Wildman–Crippen LogP) is 2.24. The molecule has 0 aliphatic carbocycles. The fourth-order valence-corrected chi connectivity index (χ4v) is 3.47. The minimum Gasteiger partial charge on any atom is -0.473 e. The van der Waals surface area contributed by atoms with Crippen LogP contribution in [0, 0.1) is 6.92 Å². The summed E-state index contributed by atoms with van der Waals surface area (Å²) in [6.45, 7) is 4.35. The first-order valence-corrected chi connectivity index (χ1v) is 9.56. The van der Waals surface area contributed by atoms with Crippen molar-refractivity contribution in [3.05, 3.63) is 58.0 Å². The van der Waals surface area contributed by atoms with Crippen LogP contribution < -0.4 is 15.3 Å². The summed E-state index contributed by atoms with van der Waals surface area (Å²) in [4.78, 5) is 19.2. The van der Waals surface area contributed by atoms with Gasteiger partial charge in [0, 0.05) is 31.8 Å². The van der Waals surface area contributed by atoms with Crippen molar-refractivity contribution in [3.63, 3.8) is 0 Å². The number of aromatic nitrogens is 5. The van der Waals surface area contributed by atoms with Crippen molar-refractivity contribution in [1.82, 2.24) is 24.8 Å². The Bertz CT molecular complexity index is 1020. The van der Waals surface area contributed by atoms with Gasteiger partial charge in [-0.3, -0.25) is 0 Å². The van der Waals surface area contributed by atoms with Crippen LogP contribution in [0.1, 0.15) is 30.4 Å². The van der Waals surface area contributed by atoms with E-state index in [2.05, 4.69) is 20.3 Å². The number of piperidine rings is 1. The monoisotopic (exact) mass is 380 g/mol. The Morgan fingerprint density at radius 3 is 2.57 bits per heavy atom. The van der Waals surface area contributed by atoms with Gasteiger partial charge in [0.05, 0.1) is 5.69 Å². The zero-order chi connectivity index (χ0) is 19.5. The first kappa shape index (κ1) is 18.2. The number of aryl methyl sites for hydroxylation is 2. The van der Waals surface area contributed by atoms with E-state index in [1.54, 1.807) is 7.05 Å². The molecule has 8 nitrogen and oxygen atoms in total. The maximum absolute atomic E-state index is 12.3. The van der Waals surface area contributed by atoms with Crippen LogP contribution in [-0.2, 0) is 13.7 Å². The quantitative estimate of drug-likeness (QED) is 0.676. The number of benzene rings is 1. The Hall–Kier alpha value is -3.16. The van der Waals surface area contributed by atoms with E-state index in [0.29, 0.717) is 18.2 Å². The molecule has 0 bridgehead atoms. The Morgan fingerprint density at radius 2 is 1.82 bits per heavy atom. The SMILES string of the molecule is Cc1cccc(-n2nnn(C)c2=O)c1COc1cccc(N2CCCCC2)n1. The second kappa shape index (κ2) is 7.84. The lowest BCUT2D eigenvalue weighted by atomic mass is 10.1. The molecule has 1 fully saturated rings. The minimum atomic E-state index is -0.294. The summed E-state index contributed by atoms with van der Waals surface area (Å²) in [5.74, 6) is 1.52. The molecule has 0 N–H and O–H groups in total. The van der Waals surface area contributed by atoms with E-state index in [1.165, 1.54) is 28.6 Å². The molecule has 28 heavy (non-hydrogen) atoms. The van der Waals surface area contributed by atoms with E-state index >= 15 is 0 Å². The van der Waals surface area contributed by atoms with Gasteiger partial charge in [-0.1, -0.05) is 18.2 Å². The van der Waals surface area contributed by atoms with Crippen molar-refractivity contribution in [2.24, 2.45) is 7.05 Å². The molecular weight excluding hydrogens is 356 g/mol. The largest absolute Gasteiger partial charge is 0.473 e. The Morgan fingerprint density at radius 1 is 1.04 bits per heavy atom. The summed E-state index contributed by atoms with van der Waals surface area (Å²) in [5.41, 5.74) is 2.28. The van der Waals surface area contributed by atoms with Crippen LogP contribution in [0.5, 0.6) is 5.88 Å². The van der Waals surface area contributed by atoms with Crippen molar-refractivity contribution >= 4 is 5.82 Å². The van der Waals surface area contributed by atoms with Crippen LogP contribution in [0.3, 0.4) is 0 Å². The predicted molar refractivity (Wildman–Crippen MR) is 106 cm³/mol. The fraction of sp³-hybridized carbons (Fsp3) is 0.400. The molecule has 146 valence electrons. The molecule has 1 aliphatic rings. The van der Waals surface area contributed by atoms with Gasteiger partial charge in [0.25, 0.3) is 0 Å². The van der Waals surface area contributed by atoms with Crippen molar-refractivity contribution in [1.29, 1.82) is 0 Å². The number of nitrogens with zero attached hydrogens (tertiary/aromatic N) is 6. The number of tetrazole rings is 1. The molecule has 4 rings (SSSR count). The highest BCUT2D eigenvalue weighted by atomic mass is 16.5. The normalized spacial score (nSPS) is 14.3. The summed E-state index contributed by atoms with van der Waals surface area (Å²) in [6, 6.07) is 11.6. The summed E-state index contributed by atoms with van der Waals surface area (Å²) in [5, 5.41) is 7.76. The minimum absolute atomic E-state index is 0.293. The van der Waals surface area contributed by atoms with Gasteiger partial charge in [-0.15, -0.1) is 0 Å². The molecule has 1 aliphatic heterocycles. The highest BCUT2D eigenvalue weighted by Gasteiger charge is 2.15. The van der Waals surface area contributed by atoms with Crippen LogP contribution in [-0.4, -0.2) is 37.9 Å². The molecule has 0 unspecified atom stereocenters. The summed E-state index contributed by atoms with van der Waals surface area (Å²) in [7, 11) is 1.58. The molecule has 1 saturated heterocycles. The van der Waals surface area contributed by atoms with Gasteiger partial charge in [-0.05, 0) is 54.3 Å². The van der Waals surface area contributed by atoms with Crippen molar-refractivity contribution in [2.45, 2.75) is 32.8 Å². The summed E-state index contributed by atoms with van der Waals surface area (Å²) >= 11 is 0. The molecule has 2 aromatic heterocycles. The lowest BCUT2D eigenvalue weighted by Gasteiger charge is -2.27. The fourth-order valence-electron chi connectivity index (χ4n) is 3.47. The number of ether oxygens (including phenoxy) is 1. The maximum Gasteiger partial charge on any atom is 0.368 e. The molecule has 3 aromatic rings. The number of hydrogen-bond acceptors (Lipinski definition) is 6. The number of rotatable bonds is 5. The first-order valence-electron chi connectivity index (χ1n) is 9.56.